The fraction of sp³-hybridized carbons (Fsp3) is 0.304. The van der Waals surface area contributed by atoms with Crippen molar-refractivity contribution in [2.75, 3.05) is 6.26 Å². The number of rotatable bonds is 8. The van der Waals surface area contributed by atoms with Crippen LogP contribution in [0.2, 0.25) is 0 Å². The van der Waals surface area contributed by atoms with Crippen LogP contribution in [0.25, 0.3) is 11.1 Å². The van der Waals surface area contributed by atoms with Crippen molar-refractivity contribution in [1.29, 1.82) is 0 Å². The number of sulfone groups is 1. The summed E-state index contributed by atoms with van der Waals surface area (Å²) in [5.74, 6) is -0.502. The molecule has 10 nitrogen and oxygen atoms in total. The van der Waals surface area contributed by atoms with E-state index >= 15 is 0 Å². The van der Waals surface area contributed by atoms with Gasteiger partial charge in [-0.15, -0.1) is 0 Å². The van der Waals surface area contributed by atoms with Crippen LogP contribution in [0.1, 0.15) is 24.7 Å². The zero-order valence-electron chi connectivity index (χ0n) is 19.3. The summed E-state index contributed by atoms with van der Waals surface area (Å²) >= 11 is 0. The van der Waals surface area contributed by atoms with Gasteiger partial charge in [-0.05, 0) is 62.6 Å². The molecule has 0 fully saturated rings. The van der Waals surface area contributed by atoms with Gasteiger partial charge in [-0.1, -0.05) is 12.1 Å². The third-order valence-corrected chi connectivity index (χ3v) is 7.61. The van der Waals surface area contributed by atoms with Gasteiger partial charge in [0.05, 0.1) is 0 Å². The van der Waals surface area contributed by atoms with Crippen molar-refractivity contribution < 1.29 is 23.2 Å². The molecule has 0 spiro atoms. The molecule has 2 heterocycles. The van der Waals surface area contributed by atoms with Crippen LogP contribution < -0.4 is 15.8 Å². The summed E-state index contributed by atoms with van der Waals surface area (Å²) in [6, 6.07) is 12.3. The number of aromatic nitrogens is 3. The first-order valence-electron chi connectivity index (χ1n) is 10.4. The highest BCUT2D eigenvalue weighted by Gasteiger charge is 2.43. The first-order chi connectivity index (χ1) is 15.9. The fourth-order valence-electron chi connectivity index (χ4n) is 3.35. The lowest BCUT2D eigenvalue weighted by Gasteiger charge is -2.25. The summed E-state index contributed by atoms with van der Waals surface area (Å²) in [6.07, 6.45) is 2.25. The van der Waals surface area contributed by atoms with Gasteiger partial charge in [0.1, 0.15) is 5.75 Å². The molecule has 0 aliphatic heterocycles. The zero-order valence-corrected chi connectivity index (χ0v) is 20.1. The Morgan fingerprint density at radius 3 is 2.24 bits per heavy atom. The van der Waals surface area contributed by atoms with Crippen molar-refractivity contribution in [1.82, 2.24) is 20.0 Å². The van der Waals surface area contributed by atoms with E-state index in [-0.39, 0.29) is 24.5 Å². The van der Waals surface area contributed by atoms with Crippen LogP contribution in [0.4, 0.5) is 0 Å². The van der Waals surface area contributed by atoms with Crippen molar-refractivity contribution >= 4 is 15.7 Å². The molecule has 2 aromatic heterocycles. The second kappa shape index (κ2) is 9.74. The summed E-state index contributed by atoms with van der Waals surface area (Å²) in [6.45, 7) is 4.89. The quantitative estimate of drug-likeness (QED) is 0.365. The van der Waals surface area contributed by atoms with Gasteiger partial charge in [0.25, 0.3) is 11.5 Å². The Kier molecular flexibility index (Phi) is 7.18. The van der Waals surface area contributed by atoms with E-state index in [2.05, 4.69) is 9.97 Å². The lowest BCUT2D eigenvalue weighted by Crippen LogP contribution is -2.49. The third kappa shape index (κ3) is 5.49. The molecule has 3 rings (SSSR count). The van der Waals surface area contributed by atoms with Crippen molar-refractivity contribution in [3.8, 4) is 22.9 Å². The first-order valence-corrected chi connectivity index (χ1v) is 12.3. The molecule has 3 aromatic rings. The van der Waals surface area contributed by atoms with Crippen LogP contribution in [0, 0.1) is 13.8 Å². The molecule has 0 saturated heterocycles. The van der Waals surface area contributed by atoms with Crippen molar-refractivity contribution in [2.45, 2.75) is 38.5 Å². The topological polar surface area (TPSA) is 140 Å². The van der Waals surface area contributed by atoms with Crippen molar-refractivity contribution in [3.05, 3.63) is 70.4 Å². The van der Waals surface area contributed by atoms with Gasteiger partial charge in [0.2, 0.25) is 0 Å². The maximum atomic E-state index is 12.6. The zero-order chi connectivity index (χ0) is 25.1. The Balaban J connectivity index is 1.76. The van der Waals surface area contributed by atoms with Gasteiger partial charge < -0.3 is 9.30 Å². The fourth-order valence-corrected chi connectivity index (χ4v) is 4.20. The van der Waals surface area contributed by atoms with Crippen LogP contribution in [-0.2, 0) is 21.2 Å². The average Bonchev–Trinajstić information content (AvgIpc) is 2.76. The highest BCUT2D eigenvalue weighted by Crippen LogP contribution is 2.25. The SMILES string of the molecule is Cc1cc(C)nc(Oc2ccc(-c3ccn(CC[C@](C)(C(=O)NO)S(C)(=O)=O)c(=O)c3)cc2)n1. The van der Waals surface area contributed by atoms with E-state index in [9.17, 15) is 18.0 Å². The standard InChI is InChI=1S/C23H26N4O6S/c1-15-13-16(2)25-22(24-15)33-19-7-5-17(6-8-19)18-9-11-27(20(28)14-18)12-10-23(3,21(29)26-30)34(4,31)32/h5-9,11,13-14,30H,10,12H2,1-4H3,(H,26,29)/t23-/m1/s1. The second-order valence-corrected chi connectivity index (χ2v) is 10.6. The minimum absolute atomic E-state index is 0.0290. The smallest absolute Gasteiger partial charge is 0.322 e. The molecule has 1 amide bonds. The number of hydrogen-bond donors (Lipinski definition) is 2. The molecule has 1 atom stereocenters. The van der Waals surface area contributed by atoms with E-state index < -0.39 is 20.5 Å². The van der Waals surface area contributed by atoms with E-state index in [1.807, 2.05) is 19.9 Å². The van der Waals surface area contributed by atoms with Gasteiger partial charge in [-0.3, -0.25) is 14.8 Å². The minimum atomic E-state index is -3.85. The Hall–Kier alpha value is -3.57. The van der Waals surface area contributed by atoms with Gasteiger partial charge in [0.15, 0.2) is 14.6 Å². The van der Waals surface area contributed by atoms with Crippen molar-refractivity contribution in [2.24, 2.45) is 0 Å². The Labute approximate surface area is 197 Å². The predicted octanol–water partition coefficient (Wildman–Crippen LogP) is 2.41. The Morgan fingerprint density at radius 1 is 1.09 bits per heavy atom. The number of nitrogens with one attached hydrogen (secondary N) is 1. The number of hydrogen-bond acceptors (Lipinski definition) is 8. The molecule has 11 heteroatoms. The molecule has 34 heavy (non-hydrogen) atoms. The van der Waals surface area contributed by atoms with Crippen LogP contribution in [-0.4, -0.2) is 45.1 Å². The van der Waals surface area contributed by atoms with Gasteiger partial charge in [-0.2, -0.15) is 0 Å². The normalized spacial score (nSPS) is 13.2. The number of carbonyl (C=O) groups is 1. The number of amides is 1. The predicted molar refractivity (Wildman–Crippen MR) is 126 cm³/mol. The van der Waals surface area contributed by atoms with Crippen LogP contribution in [0.15, 0.2) is 53.5 Å². The van der Waals surface area contributed by atoms with Crippen molar-refractivity contribution in [3.63, 3.8) is 0 Å². The number of benzene rings is 1. The second-order valence-electron chi connectivity index (χ2n) is 8.20. The minimum Gasteiger partial charge on any atom is -0.424 e. The molecule has 0 unspecified atom stereocenters. The summed E-state index contributed by atoms with van der Waals surface area (Å²) < 4.78 is 29.3. The Bertz CT molecular complexity index is 1350. The number of pyridine rings is 1. The number of carbonyl (C=O) groups excluding carboxylic acids is 1. The van der Waals surface area contributed by atoms with E-state index in [0.29, 0.717) is 11.3 Å². The molecule has 0 saturated carbocycles. The van der Waals surface area contributed by atoms with E-state index in [0.717, 1.165) is 23.2 Å². The molecule has 1 aromatic carbocycles. The average molecular weight is 487 g/mol. The number of ether oxygens (including phenoxy) is 1. The summed E-state index contributed by atoms with van der Waals surface area (Å²) in [4.78, 5) is 33.1. The molecular weight excluding hydrogens is 460 g/mol. The molecular formula is C23H26N4O6S. The van der Waals surface area contributed by atoms with E-state index in [4.69, 9.17) is 9.94 Å². The van der Waals surface area contributed by atoms with Gasteiger partial charge >= 0.3 is 6.01 Å². The molecule has 180 valence electrons. The van der Waals surface area contributed by atoms with E-state index in [1.54, 1.807) is 30.3 Å². The molecule has 0 aliphatic rings. The summed E-state index contributed by atoms with van der Waals surface area (Å²) in [5.41, 5.74) is 4.07. The number of nitrogens with zero attached hydrogens (tertiary/aromatic N) is 3. The molecule has 0 aliphatic carbocycles. The largest absolute Gasteiger partial charge is 0.424 e. The number of hydroxylamine groups is 1. The summed E-state index contributed by atoms with van der Waals surface area (Å²) in [5, 5.41) is 8.93. The maximum absolute atomic E-state index is 12.6. The van der Waals surface area contributed by atoms with Crippen LogP contribution in [0.3, 0.4) is 0 Å². The summed E-state index contributed by atoms with van der Waals surface area (Å²) in [7, 11) is -3.85. The maximum Gasteiger partial charge on any atom is 0.322 e. The van der Waals surface area contributed by atoms with Crippen LogP contribution >= 0.6 is 0 Å². The molecule has 0 bridgehead atoms. The first kappa shape index (κ1) is 25.1. The molecule has 0 radical (unpaired) electrons. The highest BCUT2D eigenvalue weighted by molar-refractivity contribution is 7.92. The lowest BCUT2D eigenvalue weighted by molar-refractivity contribution is -0.131. The third-order valence-electron chi connectivity index (χ3n) is 5.58. The Morgan fingerprint density at radius 2 is 1.71 bits per heavy atom. The van der Waals surface area contributed by atoms with Gasteiger partial charge in [-0.25, -0.2) is 23.9 Å². The monoisotopic (exact) mass is 486 g/mol. The van der Waals surface area contributed by atoms with E-state index in [1.165, 1.54) is 29.2 Å². The van der Waals surface area contributed by atoms with Gasteiger partial charge in [0, 0.05) is 36.5 Å². The lowest BCUT2D eigenvalue weighted by atomic mass is 10.1. The number of aryl methyl sites for hydroxylation is 3. The van der Waals surface area contributed by atoms with Crippen LogP contribution in [0.5, 0.6) is 11.8 Å². The highest BCUT2D eigenvalue weighted by atomic mass is 32.2. The molecule has 2 N–H and O–H groups in total.